The molecule has 0 saturated heterocycles. The van der Waals surface area contributed by atoms with Crippen molar-refractivity contribution in [1.29, 1.82) is 0 Å². The molecule has 0 amide bonds. The van der Waals surface area contributed by atoms with Gasteiger partial charge in [0.1, 0.15) is 5.75 Å². The zero-order valence-corrected chi connectivity index (χ0v) is 11.2. The summed E-state index contributed by atoms with van der Waals surface area (Å²) in [4.78, 5) is 2.03. The summed E-state index contributed by atoms with van der Waals surface area (Å²) in [6.45, 7) is 0.752. The summed E-state index contributed by atoms with van der Waals surface area (Å²) in [5.41, 5.74) is 6.49. The molecule has 2 aromatic rings. The van der Waals surface area contributed by atoms with Crippen LogP contribution in [0.15, 0.2) is 28.7 Å². The highest BCUT2D eigenvalue weighted by atomic mass is 16.5. The van der Waals surface area contributed by atoms with Gasteiger partial charge in [-0.3, -0.25) is 0 Å². The third-order valence-electron chi connectivity index (χ3n) is 2.60. The van der Waals surface area contributed by atoms with E-state index in [2.05, 4.69) is 10.2 Å². The Bertz CT molecular complexity index is 525. The summed E-state index contributed by atoms with van der Waals surface area (Å²) in [6.07, 6.45) is 0.569. The molecule has 0 aliphatic rings. The molecule has 0 aliphatic heterocycles. The van der Waals surface area contributed by atoms with Crippen molar-refractivity contribution < 1.29 is 9.15 Å². The minimum Gasteiger partial charge on any atom is -0.493 e. The third-order valence-corrected chi connectivity index (χ3v) is 2.60. The summed E-state index contributed by atoms with van der Waals surface area (Å²) in [5.74, 6) is 1.82. The monoisotopic (exact) mass is 262 g/mol. The number of hydrogen-bond acceptors (Lipinski definition) is 6. The van der Waals surface area contributed by atoms with Crippen LogP contribution in [0.2, 0.25) is 0 Å². The first-order valence-electron chi connectivity index (χ1n) is 6.10. The predicted molar refractivity (Wildman–Crippen MR) is 72.2 cm³/mol. The molecule has 0 saturated carbocycles. The fraction of sp³-hybridized carbons (Fsp3) is 0.385. The van der Waals surface area contributed by atoms with Gasteiger partial charge in [-0.15, -0.1) is 10.2 Å². The van der Waals surface area contributed by atoms with Crippen molar-refractivity contribution in [2.45, 2.75) is 13.0 Å². The van der Waals surface area contributed by atoms with Crippen LogP contribution in [0, 0.1) is 0 Å². The summed E-state index contributed by atoms with van der Waals surface area (Å²) in [5, 5.41) is 7.67. The van der Waals surface area contributed by atoms with Gasteiger partial charge in [0.05, 0.1) is 19.6 Å². The van der Waals surface area contributed by atoms with Crippen molar-refractivity contribution in [2.24, 2.45) is 5.73 Å². The van der Waals surface area contributed by atoms with E-state index in [1.165, 1.54) is 0 Å². The van der Waals surface area contributed by atoms with E-state index >= 15 is 0 Å². The van der Waals surface area contributed by atoms with Gasteiger partial charge in [-0.2, -0.15) is 0 Å². The van der Waals surface area contributed by atoms with Crippen LogP contribution in [-0.2, 0) is 13.0 Å². The minimum absolute atomic E-state index is 0.263. The molecule has 0 bridgehead atoms. The number of anilines is 1. The highest BCUT2D eigenvalue weighted by Crippen LogP contribution is 2.19. The first-order valence-corrected chi connectivity index (χ1v) is 6.10. The highest BCUT2D eigenvalue weighted by molar-refractivity contribution is 5.49. The van der Waals surface area contributed by atoms with E-state index in [1.54, 1.807) is 0 Å². The Balaban J connectivity index is 1.86. The molecule has 2 rings (SSSR count). The second-order valence-corrected chi connectivity index (χ2v) is 4.28. The zero-order chi connectivity index (χ0) is 13.7. The first kappa shape index (κ1) is 13.4. The average molecular weight is 262 g/mol. The van der Waals surface area contributed by atoms with Crippen LogP contribution in [0.25, 0.3) is 0 Å². The fourth-order valence-electron chi connectivity index (χ4n) is 1.58. The van der Waals surface area contributed by atoms with Gasteiger partial charge in [0.15, 0.2) is 0 Å². The number of ether oxygens (including phenoxy) is 1. The van der Waals surface area contributed by atoms with Crippen molar-refractivity contribution in [3.8, 4) is 5.75 Å². The lowest BCUT2D eigenvalue weighted by Crippen LogP contribution is -2.09. The van der Waals surface area contributed by atoms with Crippen LogP contribution >= 0.6 is 0 Å². The van der Waals surface area contributed by atoms with Crippen LogP contribution in [0.3, 0.4) is 0 Å². The molecule has 0 radical (unpaired) electrons. The maximum Gasteiger partial charge on any atom is 0.230 e. The van der Waals surface area contributed by atoms with E-state index in [-0.39, 0.29) is 6.54 Å². The minimum atomic E-state index is 0.263. The Morgan fingerprint density at radius 1 is 1.26 bits per heavy atom. The van der Waals surface area contributed by atoms with E-state index in [1.807, 2.05) is 43.3 Å². The molecule has 102 valence electrons. The van der Waals surface area contributed by atoms with E-state index in [9.17, 15) is 0 Å². The van der Waals surface area contributed by atoms with Gasteiger partial charge >= 0.3 is 0 Å². The molecule has 2 N–H and O–H groups in total. The topological polar surface area (TPSA) is 77.4 Å². The van der Waals surface area contributed by atoms with Gasteiger partial charge < -0.3 is 19.8 Å². The number of rotatable bonds is 6. The molecule has 6 heteroatoms. The summed E-state index contributed by atoms with van der Waals surface area (Å²) < 4.78 is 11.0. The number of nitrogens with zero attached hydrogens (tertiary/aromatic N) is 3. The van der Waals surface area contributed by atoms with Crippen LogP contribution < -0.4 is 15.4 Å². The smallest absolute Gasteiger partial charge is 0.230 e. The number of hydrogen-bond donors (Lipinski definition) is 1. The van der Waals surface area contributed by atoms with Crippen molar-refractivity contribution in [3.63, 3.8) is 0 Å². The molecule has 0 atom stereocenters. The Hall–Kier alpha value is -2.08. The van der Waals surface area contributed by atoms with E-state index < -0.39 is 0 Å². The zero-order valence-electron chi connectivity index (χ0n) is 11.2. The third kappa shape index (κ3) is 3.69. The van der Waals surface area contributed by atoms with Crippen molar-refractivity contribution >= 4 is 5.69 Å². The van der Waals surface area contributed by atoms with Crippen LogP contribution in [0.4, 0.5) is 5.69 Å². The largest absolute Gasteiger partial charge is 0.493 e. The molecular weight excluding hydrogens is 244 g/mol. The molecule has 19 heavy (non-hydrogen) atoms. The van der Waals surface area contributed by atoms with Gasteiger partial charge in [-0.05, 0) is 12.1 Å². The van der Waals surface area contributed by atoms with E-state index in [0.717, 1.165) is 11.4 Å². The van der Waals surface area contributed by atoms with Gasteiger partial charge in [-0.1, -0.05) is 6.07 Å². The summed E-state index contributed by atoms with van der Waals surface area (Å²) in [6, 6.07) is 7.90. The number of benzene rings is 1. The maximum absolute atomic E-state index is 5.66. The van der Waals surface area contributed by atoms with Crippen LogP contribution in [0.5, 0.6) is 5.75 Å². The maximum atomic E-state index is 5.66. The Labute approximate surface area is 112 Å². The van der Waals surface area contributed by atoms with Gasteiger partial charge in [-0.25, -0.2) is 0 Å². The molecule has 1 heterocycles. The molecule has 1 aromatic heterocycles. The van der Waals surface area contributed by atoms with Crippen molar-refractivity contribution in [2.75, 3.05) is 25.6 Å². The average Bonchev–Trinajstić information content (AvgIpc) is 2.87. The molecule has 0 fully saturated rings. The second kappa shape index (κ2) is 6.19. The summed E-state index contributed by atoms with van der Waals surface area (Å²) in [7, 11) is 3.98. The summed E-state index contributed by atoms with van der Waals surface area (Å²) >= 11 is 0. The Morgan fingerprint density at radius 2 is 2.05 bits per heavy atom. The van der Waals surface area contributed by atoms with Gasteiger partial charge in [0.2, 0.25) is 11.8 Å². The first-order chi connectivity index (χ1) is 9.19. The van der Waals surface area contributed by atoms with Crippen molar-refractivity contribution in [3.05, 3.63) is 36.0 Å². The molecular formula is C13H18N4O2. The SMILES string of the molecule is CN(C)c1cccc(OCCc2nnc(CN)o2)c1. The number of aromatic nitrogens is 2. The van der Waals surface area contributed by atoms with Crippen LogP contribution in [0.1, 0.15) is 11.8 Å². The molecule has 0 spiro atoms. The quantitative estimate of drug-likeness (QED) is 0.843. The highest BCUT2D eigenvalue weighted by Gasteiger charge is 2.05. The molecule has 1 aromatic carbocycles. The van der Waals surface area contributed by atoms with Crippen LogP contribution in [-0.4, -0.2) is 30.9 Å². The molecule has 6 nitrogen and oxygen atoms in total. The van der Waals surface area contributed by atoms with E-state index in [0.29, 0.717) is 24.8 Å². The fourth-order valence-corrected chi connectivity index (χ4v) is 1.58. The van der Waals surface area contributed by atoms with E-state index in [4.69, 9.17) is 14.9 Å². The van der Waals surface area contributed by atoms with Gasteiger partial charge in [0.25, 0.3) is 0 Å². The predicted octanol–water partition coefficient (Wildman–Crippen LogP) is 1.22. The molecule has 0 unspecified atom stereocenters. The lowest BCUT2D eigenvalue weighted by atomic mass is 10.3. The lowest BCUT2D eigenvalue weighted by molar-refractivity contribution is 0.304. The second-order valence-electron chi connectivity index (χ2n) is 4.28. The number of nitrogens with two attached hydrogens (primary N) is 1. The lowest BCUT2D eigenvalue weighted by Gasteiger charge is -2.13. The Kier molecular flexibility index (Phi) is 4.35. The normalized spacial score (nSPS) is 10.5. The molecule has 0 aliphatic carbocycles. The van der Waals surface area contributed by atoms with Crippen molar-refractivity contribution in [1.82, 2.24) is 10.2 Å². The standard InChI is InChI=1S/C13H18N4O2/c1-17(2)10-4-3-5-11(8-10)18-7-6-12-15-16-13(9-14)19-12/h3-5,8H,6-7,9,14H2,1-2H3. The Morgan fingerprint density at radius 3 is 2.74 bits per heavy atom. The van der Waals surface area contributed by atoms with Gasteiger partial charge in [0, 0.05) is 25.8 Å².